The van der Waals surface area contributed by atoms with Gasteiger partial charge in [-0.1, -0.05) is 27.2 Å². The maximum Gasteiger partial charge on any atom is 0.508 e. The highest BCUT2D eigenvalue weighted by Gasteiger charge is 2.33. The summed E-state index contributed by atoms with van der Waals surface area (Å²) in [6.45, 7) is 6.58. The standard InChI is InChI=1S/C17H32O5/c1-12(2)15-8-7-13(3)10-16(15)22-17(20)21-11-14(19)6-4-5-9-18/h12-16,18-19H,4-11H2,1-3H3. The van der Waals surface area contributed by atoms with Crippen molar-refractivity contribution in [3.05, 3.63) is 0 Å². The van der Waals surface area contributed by atoms with Gasteiger partial charge in [-0.3, -0.25) is 0 Å². The highest BCUT2D eigenvalue weighted by molar-refractivity contribution is 5.60. The minimum atomic E-state index is -0.690. The van der Waals surface area contributed by atoms with Gasteiger partial charge in [0.2, 0.25) is 0 Å². The smallest absolute Gasteiger partial charge is 0.432 e. The lowest BCUT2D eigenvalue weighted by Crippen LogP contribution is -2.36. The van der Waals surface area contributed by atoms with Crippen molar-refractivity contribution in [3.63, 3.8) is 0 Å². The van der Waals surface area contributed by atoms with Gasteiger partial charge in [0.1, 0.15) is 12.7 Å². The molecule has 5 heteroatoms. The third kappa shape index (κ3) is 6.97. The lowest BCUT2D eigenvalue weighted by Gasteiger charge is -2.36. The van der Waals surface area contributed by atoms with Crippen LogP contribution in [0.3, 0.4) is 0 Å². The molecule has 1 aliphatic rings. The van der Waals surface area contributed by atoms with Gasteiger partial charge in [0.25, 0.3) is 0 Å². The number of unbranched alkanes of at least 4 members (excludes halogenated alkanes) is 1. The molecule has 1 saturated carbocycles. The first-order valence-corrected chi connectivity index (χ1v) is 8.56. The molecule has 22 heavy (non-hydrogen) atoms. The Bertz CT molecular complexity index is 318. The van der Waals surface area contributed by atoms with E-state index in [9.17, 15) is 9.90 Å². The van der Waals surface area contributed by atoms with Crippen molar-refractivity contribution in [3.8, 4) is 0 Å². The molecule has 0 aliphatic heterocycles. The minimum absolute atomic E-state index is 0.0428. The van der Waals surface area contributed by atoms with Gasteiger partial charge in [-0.2, -0.15) is 0 Å². The van der Waals surface area contributed by atoms with Crippen molar-refractivity contribution in [2.24, 2.45) is 17.8 Å². The Morgan fingerprint density at radius 3 is 2.64 bits per heavy atom. The molecule has 1 rings (SSSR count). The summed E-state index contributed by atoms with van der Waals surface area (Å²) in [5.74, 6) is 1.43. The quantitative estimate of drug-likeness (QED) is 0.531. The topological polar surface area (TPSA) is 76.0 Å². The molecule has 0 aromatic carbocycles. The Morgan fingerprint density at radius 1 is 1.27 bits per heavy atom. The molecule has 1 aliphatic carbocycles. The third-order valence-corrected chi connectivity index (χ3v) is 4.55. The number of carbonyl (C=O) groups is 1. The predicted molar refractivity (Wildman–Crippen MR) is 84.5 cm³/mol. The zero-order valence-electron chi connectivity index (χ0n) is 14.2. The summed E-state index contributed by atoms with van der Waals surface area (Å²) in [6, 6.07) is 0. The second kappa shape index (κ2) is 10.1. The number of hydrogen-bond donors (Lipinski definition) is 2. The molecular weight excluding hydrogens is 284 g/mol. The van der Waals surface area contributed by atoms with Gasteiger partial charge in [0, 0.05) is 6.61 Å². The molecule has 0 radical (unpaired) electrons. The van der Waals surface area contributed by atoms with E-state index >= 15 is 0 Å². The summed E-state index contributed by atoms with van der Waals surface area (Å²) in [4.78, 5) is 11.8. The maximum atomic E-state index is 11.8. The van der Waals surface area contributed by atoms with E-state index in [0.29, 0.717) is 37.0 Å². The van der Waals surface area contributed by atoms with E-state index < -0.39 is 12.3 Å². The second-order valence-electron chi connectivity index (χ2n) is 6.92. The molecule has 1 fully saturated rings. The van der Waals surface area contributed by atoms with Gasteiger partial charge in [0.05, 0.1) is 6.10 Å². The Hall–Kier alpha value is -0.810. The van der Waals surface area contributed by atoms with E-state index in [1.807, 2.05) is 0 Å². The largest absolute Gasteiger partial charge is 0.508 e. The van der Waals surface area contributed by atoms with Crippen LogP contribution in [0.15, 0.2) is 0 Å². The molecule has 5 nitrogen and oxygen atoms in total. The van der Waals surface area contributed by atoms with Crippen LogP contribution in [-0.2, 0) is 9.47 Å². The van der Waals surface area contributed by atoms with Crippen molar-refractivity contribution in [1.82, 2.24) is 0 Å². The van der Waals surface area contributed by atoms with E-state index in [-0.39, 0.29) is 19.3 Å². The van der Waals surface area contributed by atoms with Gasteiger partial charge >= 0.3 is 6.16 Å². The van der Waals surface area contributed by atoms with E-state index in [1.165, 1.54) is 6.42 Å². The first kappa shape index (κ1) is 19.2. The van der Waals surface area contributed by atoms with Gasteiger partial charge in [-0.25, -0.2) is 4.79 Å². The van der Waals surface area contributed by atoms with E-state index in [4.69, 9.17) is 14.6 Å². The fourth-order valence-corrected chi connectivity index (χ4v) is 3.15. The summed E-state index contributed by atoms with van der Waals surface area (Å²) in [6.07, 6.45) is 3.59. The molecule has 0 heterocycles. The zero-order chi connectivity index (χ0) is 16.5. The van der Waals surface area contributed by atoms with Crippen LogP contribution < -0.4 is 0 Å². The average molecular weight is 316 g/mol. The lowest BCUT2D eigenvalue weighted by molar-refractivity contribution is -0.0435. The molecule has 4 unspecified atom stereocenters. The summed E-state index contributed by atoms with van der Waals surface area (Å²) >= 11 is 0. The van der Waals surface area contributed by atoms with Crippen molar-refractivity contribution >= 4 is 6.16 Å². The Kier molecular flexibility index (Phi) is 8.79. The highest BCUT2D eigenvalue weighted by atomic mass is 16.7. The molecular formula is C17H32O5. The Labute approximate surface area is 134 Å². The SMILES string of the molecule is CC1CCC(C(C)C)C(OC(=O)OCC(O)CCCCO)C1. The molecule has 0 bridgehead atoms. The van der Waals surface area contributed by atoms with Crippen LogP contribution in [0.5, 0.6) is 0 Å². The van der Waals surface area contributed by atoms with Gasteiger partial charge in [0.15, 0.2) is 0 Å². The van der Waals surface area contributed by atoms with Crippen LogP contribution in [0.25, 0.3) is 0 Å². The van der Waals surface area contributed by atoms with Crippen LogP contribution >= 0.6 is 0 Å². The van der Waals surface area contributed by atoms with E-state index in [0.717, 1.165) is 12.8 Å². The maximum absolute atomic E-state index is 11.8. The van der Waals surface area contributed by atoms with Crippen LogP contribution in [0.1, 0.15) is 59.3 Å². The molecule has 0 spiro atoms. The number of ether oxygens (including phenoxy) is 2. The summed E-state index contributed by atoms with van der Waals surface area (Å²) in [7, 11) is 0. The van der Waals surface area contributed by atoms with Crippen LogP contribution in [-0.4, -0.2) is 41.8 Å². The molecule has 0 saturated heterocycles. The normalized spacial score (nSPS) is 26.7. The van der Waals surface area contributed by atoms with E-state index in [1.54, 1.807) is 0 Å². The van der Waals surface area contributed by atoms with E-state index in [2.05, 4.69) is 20.8 Å². The summed E-state index contributed by atoms with van der Waals surface area (Å²) < 4.78 is 10.5. The number of carbonyl (C=O) groups excluding carboxylic acids is 1. The molecule has 0 amide bonds. The highest BCUT2D eigenvalue weighted by Crippen LogP contribution is 2.35. The Morgan fingerprint density at radius 2 is 2.00 bits per heavy atom. The number of aliphatic hydroxyl groups excluding tert-OH is 2. The monoisotopic (exact) mass is 316 g/mol. The van der Waals surface area contributed by atoms with Crippen LogP contribution in [0.2, 0.25) is 0 Å². The lowest BCUT2D eigenvalue weighted by atomic mass is 9.75. The average Bonchev–Trinajstić information content (AvgIpc) is 2.45. The molecule has 0 aromatic rings. The minimum Gasteiger partial charge on any atom is -0.432 e. The first-order valence-electron chi connectivity index (χ1n) is 8.56. The fraction of sp³-hybridized carbons (Fsp3) is 0.941. The van der Waals surface area contributed by atoms with Crippen molar-refractivity contribution in [1.29, 1.82) is 0 Å². The predicted octanol–water partition coefficient (Wildman–Crippen LogP) is 3.12. The molecule has 0 aromatic heterocycles. The van der Waals surface area contributed by atoms with Crippen molar-refractivity contribution in [2.45, 2.75) is 71.5 Å². The summed E-state index contributed by atoms with van der Waals surface area (Å²) in [5.41, 5.74) is 0. The number of hydrogen-bond acceptors (Lipinski definition) is 5. The molecule has 2 N–H and O–H groups in total. The Balaban J connectivity index is 2.32. The number of rotatable bonds is 8. The van der Waals surface area contributed by atoms with Gasteiger partial charge < -0.3 is 19.7 Å². The van der Waals surface area contributed by atoms with Crippen molar-refractivity contribution < 1.29 is 24.5 Å². The third-order valence-electron chi connectivity index (χ3n) is 4.55. The zero-order valence-corrected chi connectivity index (χ0v) is 14.2. The second-order valence-corrected chi connectivity index (χ2v) is 6.92. The van der Waals surface area contributed by atoms with Gasteiger partial charge in [-0.05, 0) is 49.9 Å². The number of aliphatic hydroxyl groups is 2. The van der Waals surface area contributed by atoms with Crippen LogP contribution in [0.4, 0.5) is 4.79 Å². The first-order chi connectivity index (χ1) is 10.4. The molecule has 4 atom stereocenters. The van der Waals surface area contributed by atoms with Gasteiger partial charge in [-0.15, -0.1) is 0 Å². The fourth-order valence-electron chi connectivity index (χ4n) is 3.15. The van der Waals surface area contributed by atoms with Crippen molar-refractivity contribution in [2.75, 3.05) is 13.2 Å². The van der Waals surface area contributed by atoms with Crippen LogP contribution in [0, 0.1) is 17.8 Å². The summed E-state index contributed by atoms with van der Waals surface area (Å²) in [5, 5.41) is 18.4. The molecule has 130 valence electrons.